The molecule has 3 nitrogen and oxygen atoms in total. The van der Waals surface area contributed by atoms with Gasteiger partial charge in [-0.3, -0.25) is 9.69 Å². The van der Waals surface area contributed by atoms with Crippen molar-refractivity contribution in [1.29, 1.82) is 0 Å². The van der Waals surface area contributed by atoms with Gasteiger partial charge in [-0.2, -0.15) is 0 Å². The maximum Gasteiger partial charge on any atom is 0.304 e. The Hall–Kier alpha value is -0.570. The topological polar surface area (TPSA) is 40.5 Å². The molecule has 1 heterocycles. The number of aliphatic carboxylic acids is 1. The van der Waals surface area contributed by atoms with Crippen LogP contribution in [0.15, 0.2) is 0 Å². The molecule has 0 aromatic carbocycles. The normalized spacial score (nSPS) is 28.9. The molecule has 2 atom stereocenters. The molecule has 1 aliphatic heterocycles. The molecule has 0 aromatic heterocycles. The molecule has 2 rings (SSSR count). The predicted octanol–water partition coefficient (Wildman–Crippen LogP) is 2.50. The van der Waals surface area contributed by atoms with E-state index in [0.717, 1.165) is 18.9 Å². The van der Waals surface area contributed by atoms with Crippen molar-refractivity contribution in [1.82, 2.24) is 4.90 Å². The number of nitrogens with zero attached hydrogens (tertiary/aromatic N) is 1. The Kier molecular flexibility index (Phi) is 3.85. The van der Waals surface area contributed by atoms with Gasteiger partial charge >= 0.3 is 5.97 Å². The average molecular weight is 225 g/mol. The first-order valence-electron chi connectivity index (χ1n) is 6.64. The lowest BCUT2D eigenvalue weighted by Gasteiger charge is -2.35. The predicted molar refractivity (Wildman–Crippen MR) is 63.4 cm³/mol. The third-order valence-corrected chi connectivity index (χ3v) is 4.30. The van der Waals surface area contributed by atoms with Gasteiger partial charge in [-0.15, -0.1) is 0 Å². The fourth-order valence-corrected chi connectivity index (χ4v) is 3.21. The van der Waals surface area contributed by atoms with Crippen molar-refractivity contribution < 1.29 is 9.90 Å². The number of hydrogen-bond acceptors (Lipinski definition) is 2. The molecule has 2 fully saturated rings. The Morgan fingerprint density at radius 3 is 2.69 bits per heavy atom. The molecule has 0 amide bonds. The molecule has 1 saturated carbocycles. The molecule has 2 unspecified atom stereocenters. The molecular weight excluding hydrogens is 202 g/mol. The third kappa shape index (κ3) is 2.76. The van der Waals surface area contributed by atoms with Gasteiger partial charge in [0, 0.05) is 12.1 Å². The van der Waals surface area contributed by atoms with Gasteiger partial charge in [-0.05, 0) is 38.6 Å². The van der Waals surface area contributed by atoms with Crippen molar-refractivity contribution in [3.63, 3.8) is 0 Å². The van der Waals surface area contributed by atoms with Gasteiger partial charge in [0.25, 0.3) is 0 Å². The number of carboxylic acid groups (broad SMARTS) is 1. The van der Waals surface area contributed by atoms with Crippen LogP contribution in [0.2, 0.25) is 0 Å². The summed E-state index contributed by atoms with van der Waals surface area (Å²) in [7, 11) is 0. The lowest BCUT2D eigenvalue weighted by Crippen LogP contribution is -2.40. The maximum atomic E-state index is 10.8. The molecule has 0 radical (unpaired) electrons. The summed E-state index contributed by atoms with van der Waals surface area (Å²) in [6, 6.07) is 0.879. The highest BCUT2D eigenvalue weighted by Crippen LogP contribution is 2.33. The highest BCUT2D eigenvalue weighted by molar-refractivity contribution is 5.67. The number of carboxylic acids is 1. The Balaban J connectivity index is 1.83. The largest absolute Gasteiger partial charge is 0.481 e. The van der Waals surface area contributed by atoms with Crippen molar-refractivity contribution in [3.05, 3.63) is 0 Å². The first-order chi connectivity index (χ1) is 7.66. The van der Waals surface area contributed by atoms with Gasteiger partial charge in [0.1, 0.15) is 0 Å². The fraction of sp³-hybridized carbons (Fsp3) is 0.923. The van der Waals surface area contributed by atoms with Gasteiger partial charge in [0.05, 0.1) is 6.42 Å². The van der Waals surface area contributed by atoms with Crippen molar-refractivity contribution in [2.45, 2.75) is 64.0 Å². The van der Waals surface area contributed by atoms with Gasteiger partial charge in [0.15, 0.2) is 0 Å². The zero-order chi connectivity index (χ0) is 11.5. The van der Waals surface area contributed by atoms with Crippen LogP contribution in [0.25, 0.3) is 0 Å². The standard InChI is InChI=1S/C13H23NO2/c1-10(8-11-4-2-5-11)14-7-3-6-12(14)9-13(15)16/h10-12H,2-9H2,1H3,(H,15,16). The van der Waals surface area contributed by atoms with Crippen molar-refractivity contribution in [2.24, 2.45) is 5.92 Å². The summed E-state index contributed by atoms with van der Waals surface area (Å²) in [6.45, 7) is 3.38. The Labute approximate surface area is 97.8 Å². The monoisotopic (exact) mass is 225 g/mol. The van der Waals surface area contributed by atoms with Crippen LogP contribution in [0.1, 0.15) is 51.9 Å². The van der Waals surface area contributed by atoms with Gasteiger partial charge in [-0.25, -0.2) is 0 Å². The first kappa shape index (κ1) is 11.9. The van der Waals surface area contributed by atoms with E-state index >= 15 is 0 Å². The molecule has 1 aliphatic carbocycles. The molecule has 0 aromatic rings. The minimum absolute atomic E-state index is 0.299. The Bertz CT molecular complexity index is 250. The van der Waals surface area contributed by atoms with Gasteiger partial charge < -0.3 is 5.11 Å². The van der Waals surface area contributed by atoms with E-state index < -0.39 is 5.97 Å². The van der Waals surface area contributed by atoms with E-state index in [0.29, 0.717) is 18.5 Å². The minimum Gasteiger partial charge on any atom is -0.481 e. The van der Waals surface area contributed by atoms with E-state index in [1.807, 2.05) is 0 Å². The summed E-state index contributed by atoms with van der Waals surface area (Å²) in [5.41, 5.74) is 0. The van der Waals surface area contributed by atoms with E-state index in [9.17, 15) is 4.79 Å². The van der Waals surface area contributed by atoms with Crippen LogP contribution in [-0.4, -0.2) is 34.6 Å². The second-order valence-corrected chi connectivity index (χ2v) is 5.51. The van der Waals surface area contributed by atoms with E-state index in [4.69, 9.17) is 5.11 Å². The van der Waals surface area contributed by atoms with Crippen LogP contribution >= 0.6 is 0 Å². The van der Waals surface area contributed by atoms with Crippen LogP contribution < -0.4 is 0 Å². The zero-order valence-electron chi connectivity index (χ0n) is 10.2. The highest BCUT2D eigenvalue weighted by Gasteiger charge is 2.31. The first-order valence-corrected chi connectivity index (χ1v) is 6.64. The molecule has 0 bridgehead atoms. The summed E-state index contributed by atoms with van der Waals surface area (Å²) < 4.78 is 0. The van der Waals surface area contributed by atoms with Crippen molar-refractivity contribution in [3.8, 4) is 0 Å². The SMILES string of the molecule is CC(CC1CCC1)N1CCCC1CC(=O)O. The lowest BCUT2D eigenvalue weighted by atomic mass is 9.81. The zero-order valence-corrected chi connectivity index (χ0v) is 10.2. The number of carbonyl (C=O) groups is 1. The molecule has 0 spiro atoms. The second-order valence-electron chi connectivity index (χ2n) is 5.51. The van der Waals surface area contributed by atoms with E-state index in [1.54, 1.807) is 0 Å². The molecule has 16 heavy (non-hydrogen) atoms. The molecule has 1 N–H and O–H groups in total. The van der Waals surface area contributed by atoms with Gasteiger partial charge in [-0.1, -0.05) is 19.3 Å². The summed E-state index contributed by atoms with van der Waals surface area (Å²) >= 11 is 0. The summed E-state index contributed by atoms with van der Waals surface area (Å²) in [5.74, 6) is 0.272. The molecule has 3 heteroatoms. The average Bonchev–Trinajstić information content (AvgIpc) is 2.58. The van der Waals surface area contributed by atoms with Crippen molar-refractivity contribution >= 4 is 5.97 Å². The van der Waals surface area contributed by atoms with Crippen LogP contribution in [0, 0.1) is 5.92 Å². The van der Waals surface area contributed by atoms with Crippen molar-refractivity contribution in [2.75, 3.05) is 6.54 Å². The second kappa shape index (κ2) is 5.17. The van der Waals surface area contributed by atoms with E-state index in [-0.39, 0.29) is 0 Å². The summed E-state index contributed by atoms with van der Waals surface area (Å²) in [5, 5.41) is 8.89. The smallest absolute Gasteiger partial charge is 0.304 e. The lowest BCUT2D eigenvalue weighted by molar-refractivity contribution is -0.138. The Morgan fingerprint density at radius 1 is 1.38 bits per heavy atom. The summed E-state index contributed by atoms with van der Waals surface area (Å²) in [4.78, 5) is 13.2. The number of rotatable bonds is 5. The van der Waals surface area contributed by atoms with Gasteiger partial charge in [0.2, 0.25) is 0 Å². The molecule has 92 valence electrons. The highest BCUT2D eigenvalue weighted by atomic mass is 16.4. The fourth-order valence-electron chi connectivity index (χ4n) is 3.21. The number of hydrogen-bond donors (Lipinski definition) is 1. The third-order valence-electron chi connectivity index (χ3n) is 4.30. The summed E-state index contributed by atoms with van der Waals surface area (Å²) in [6.07, 6.45) is 8.03. The number of likely N-dealkylation sites (tertiary alicyclic amines) is 1. The molecule has 2 aliphatic rings. The van der Waals surface area contributed by atoms with Crippen LogP contribution in [0.3, 0.4) is 0 Å². The van der Waals surface area contributed by atoms with E-state index in [2.05, 4.69) is 11.8 Å². The maximum absolute atomic E-state index is 10.8. The Morgan fingerprint density at radius 2 is 2.12 bits per heavy atom. The van der Waals surface area contributed by atoms with Crippen LogP contribution in [0.5, 0.6) is 0 Å². The van der Waals surface area contributed by atoms with E-state index in [1.165, 1.54) is 32.1 Å². The quantitative estimate of drug-likeness (QED) is 0.781. The molecule has 1 saturated heterocycles. The van der Waals surface area contributed by atoms with Crippen LogP contribution in [-0.2, 0) is 4.79 Å². The minimum atomic E-state index is -0.646. The molecular formula is C13H23NO2. The van der Waals surface area contributed by atoms with Crippen LogP contribution in [0.4, 0.5) is 0 Å².